The first-order valence-electron chi connectivity index (χ1n) is 20.5. The van der Waals surface area contributed by atoms with Gasteiger partial charge < -0.3 is 4.57 Å². The summed E-state index contributed by atoms with van der Waals surface area (Å²) in [5.41, 5.74) is 10.5. The van der Waals surface area contributed by atoms with Crippen LogP contribution in [0.5, 0.6) is 0 Å². The molecule has 298 valence electrons. The van der Waals surface area contributed by atoms with Gasteiger partial charge in [0.05, 0.1) is 74.9 Å². The highest BCUT2D eigenvalue weighted by atomic mass is 15.0. The summed E-state index contributed by atoms with van der Waals surface area (Å²) in [6.07, 6.45) is 0. The first-order valence-corrected chi connectivity index (χ1v) is 20.5. The Bertz CT molecular complexity index is 3610. The number of hydrogen-bond acceptors (Lipinski definition) is 8. The van der Waals surface area contributed by atoms with E-state index in [9.17, 15) is 26.3 Å². The van der Waals surface area contributed by atoms with Gasteiger partial charge in [-0.1, -0.05) is 109 Å². The number of nitriles is 5. The summed E-state index contributed by atoms with van der Waals surface area (Å²) in [6.45, 7) is 0. The number of aromatic nitrogens is 4. The maximum atomic E-state index is 10.2. The van der Waals surface area contributed by atoms with Crippen molar-refractivity contribution in [2.24, 2.45) is 0 Å². The van der Waals surface area contributed by atoms with E-state index in [1.54, 1.807) is 12.1 Å². The molecule has 0 N–H and O–H groups in total. The molecule has 10 aromatic rings. The van der Waals surface area contributed by atoms with Crippen LogP contribution >= 0.6 is 0 Å². The molecule has 0 amide bonds. The lowest BCUT2D eigenvalue weighted by Gasteiger charge is -2.21. The van der Waals surface area contributed by atoms with Crippen molar-refractivity contribution in [3.63, 3.8) is 0 Å². The molecule has 10 rings (SSSR count). The molecule has 0 saturated carbocycles. The van der Waals surface area contributed by atoms with Crippen molar-refractivity contribution in [3.05, 3.63) is 204 Å². The molecule has 0 bridgehead atoms. The Hall–Kier alpha value is -9.98. The molecule has 0 saturated heterocycles. The fraction of sp³-hybridized carbons (Fsp3) is 0. The van der Waals surface area contributed by atoms with Crippen LogP contribution in [0, 0.1) is 56.7 Å². The molecule has 2 aromatic heterocycles. The van der Waals surface area contributed by atoms with Gasteiger partial charge in [-0.05, 0) is 83.4 Å². The third kappa shape index (κ3) is 7.05. The minimum absolute atomic E-state index is 0.225. The first-order chi connectivity index (χ1) is 32.0. The first kappa shape index (κ1) is 39.2. The Kier molecular flexibility index (Phi) is 9.93. The quantitative estimate of drug-likeness (QED) is 0.153. The summed E-state index contributed by atoms with van der Waals surface area (Å²) in [5, 5.41) is 52.3. The monoisotopic (exact) mass is 827 g/mol. The molecule has 9 nitrogen and oxygen atoms in total. The number of rotatable bonds is 7. The predicted molar refractivity (Wildman–Crippen MR) is 250 cm³/mol. The van der Waals surface area contributed by atoms with Crippen molar-refractivity contribution in [2.45, 2.75) is 0 Å². The Morgan fingerprint density at radius 1 is 0.338 bits per heavy atom. The second-order valence-corrected chi connectivity index (χ2v) is 15.2. The molecular formula is C56H29N9. The van der Waals surface area contributed by atoms with Gasteiger partial charge >= 0.3 is 0 Å². The van der Waals surface area contributed by atoms with Gasteiger partial charge in [0.1, 0.15) is 0 Å². The average Bonchev–Trinajstić information content (AvgIpc) is 3.71. The van der Waals surface area contributed by atoms with Crippen LogP contribution in [0.1, 0.15) is 27.8 Å². The van der Waals surface area contributed by atoms with E-state index in [2.05, 4.69) is 34.9 Å². The molecular weight excluding hydrogens is 799 g/mol. The van der Waals surface area contributed by atoms with Crippen LogP contribution in [-0.4, -0.2) is 19.5 Å². The topological polar surface area (TPSA) is 163 Å². The smallest absolute Gasteiger partial charge is 0.164 e. The van der Waals surface area contributed by atoms with E-state index in [1.807, 2.05) is 152 Å². The molecule has 8 aromatic carbocycles. The number of hydrogen-bond donors (Lipinski definition) is 0. The lowest BCUT2D eigenvalue weighted by molar-refractivity contribution is 1.07. The van der Waals surface area contributed by atoms with E-state index in [0.717, 1.165) is 60.9 Å². The fourth-order valence-corrected chi connectivity index (χ4v) is 8.46. The van der Waals surface area contributed by atoms with Gasteiger partial charge in [0.15, 0.2) is 17.5 Å². The van der Waals surface area contributed by atoms with E-state index in [1.165, 1.54) is 12.1 Å². The maximum Gasteiger partial charge on any atom is 0.164 e. The zero-order valence-corrected chi connectivity index (χ0v) is 34.3. The number of fused-ring (bicyclic) bond motifs is 3. The molecule has 0 unspecified atom stereocenters. The van der Waals surface area contributed by atoms with E-state index in [-0.39, 0.29) is 16.7 Å². The summed E-state index contributed by atoms with van der Waals surface area (Å²) in [7, 11) is 0. The SMILES string of the molecule is N#Cc1cccc(-c2cc(-c3nc(-c4ccccc4)nc(-c4ccccc4)n3)cc(-c3cccc(C#N)c3)c2-n2c3ccccc3c3cc(-c4c(C#N)cc(C#N)cc4C#N)ccc32)c1. The second-order valence-electron chi connectivity index (χ2n) is 15.2. The summed E-state index contributed by atoms with van der Waals surface area (Å²) >= 11 is 0. The largest absolute Gasteiger partial charge is 0.308 e. The van der Waals surface area contributed by atoms with Crippen LogP contribution in [-0.2, 0) is 0 Å². The van der Waals surface area contributed by atoms with Gasteiger partial charge in [-0.3, -0.25) is 0 Å². The Morgan fingerprint density at radius 2 is 0.815 bits per heavy atom. The van der Waals surface area contributed by atoms with Crippen molar-refractivity contribution >= 4 is 21.8 Å². The van der Waals surface area contributed by atoms with Gasteiger partial charge in [-0.25, -0.2) is 15.0 Å². The molecule has 2 heterocycles. The molecule has 0 aliphatic rings. The van der Waals surface area contributed by atoms with Crippen LogP contribution in [0.4, 0.5) is 0 Å². The third-order valence-corrected chi connectivity index (χ3v) is 11.4. The Balaban J connectivity index is 1.33. The molecule has 0 radical (unpaired) electrons. The molecule has 0 aliphatic heterocycles. The van der Waals surface area contributed by atoms with Crippen molar-refractivity contribution in [3.8, 4) is 104 Å². The summed E-state index contributed by atoms with van der Waals surface area (Å²) < 4.78 is 2.19. The Morgan fingerprint density at radius 3 is 1.34 bits per heavy atom. The number of benzene rings is 8. The summed E-state index contributed by atoms with van der Waals surface area (Å²) in [4.78, 5) is 15.2. The minimum atomic E-state index is 0.225. The van der Waals surface area contributed by atoms with Gasteiger partial charge in [-0.2, -0.15) is 26.3 Å². The van der Waals surface area contributed by atoms with Crippen molar-refractivity contribution in [2.75, 3.05) is 0 Å². The van der Waals surface area contributed by atoms with Crippen LogP contribution < -0.4 is 0 Å². The number of nitrogens with zero attached hydrogens (tertiary/aromatic N) is 9. The lowest BCUT2D eigenvalue weighted by atomic mass is 9.91. The highest BCUT2D eigenvalue weighted by Gasteiger charge is 2.24. The van der Waals surface area contributed by atoms with Crippen molar-refractivity contribution in [1.82, 2.24) is 19.5 Å². The minimum Gasteiger partial charge on any atom is -0.308 e. The summed E-state index contributed by atoms with van der Waals surface area (Å²) in [6, 6.07) is 66.6. The Labute approximate surface area is 373 Å². The molecule has 65 heavy (non-hydrogen) atoms. The molecule has 0 fully saturated rings. The van der Waals surface area contributed by atoms with Gasteiger partial charge in [0.25, 0.3) is 0 Å². The normalized spacial score (nSPS) is 10.7. The van der Waals surface area contributed by atoms with Gasteiger partial charge in [0, 0.05) is 44.2 Å². The second kappa shape index (κ2) is 16.5. The third-order valence-electron chi connectivity index (χ3n) is 11.4. The molecule has 9 heteroatoms. The van der Waals surface area contributed by atoms with Gasteiger partial charge in [0.2, 0.25) is 0 Å². The zero-order valence-electron chi connectivity index (χ0n) is 34.3. The zero-order chi connectivity index (χ0) is 44.4. The van der Waals surface area contributed by atoms with Crippen LogP contribution in [0.3, 0.4) is 0 Å². The van der Waals surface area contributed by atoms with Crippen LogP contribution in [0.15, 0.2) is 176 Å². The molecule has 0 spiro atoms. The van der Waals surface area contributed by atoms with E-state index in [0.29, 0.717) is 45.3 Å². The van der Waals surface area contributed by atoms with Crippen LogP contribution in [0.2, 0.25) is 0 Å². The average molecular weight is 828 g/mol. The van der Waals surface area contributed by atoms with Crippen molar-refractivity contribution < 1.29 is 0 Å². The molecule has 0 aliphatic carbocycles. The van der Waals surface area contributed by atoms with E-state index < -0.39 is 0 Å². The lowest BCUT2D eigenvalue weighted by Crippen LogP contribution is -2.04. The summed E-state index contributed by atoms with van der Waals surface area (Å²) in [5.74, 6) is 1.42. The number of para-hydroxylation sites is 1. The van der Waals surface area contributed by atoms with E-state index >= 15 is 0 Å². The van der Waals surface area contributed by atoms with Gasteiger partial charge in [-0.15, -0.1) is 0 Å². The maximum absolute atomic E-state index is 10.2. The van der Waals surface area contributed by atoms with Crippen molar-refractivity contribution in [1.29, 1.82) is 26.3 Å². The van der Waals surface area contributed by atoms with Crippen LogP contribution in [0.25, 0.3) is 95.0 Å². The highest BCUT2D eigenvalue weighted by Crippen LogP contribution is 2.45. The molecule has 0 atom stereocenters. The highest BCUT2D eigenvalue weighted by molar-refractivity contribution is 6.12. The predicted octanol–water partition coefficient (Wildman–Crippen LogP) is 12.3. The standard InChI is InChI=1S/C56H29N9/c57-30-35-11-9-17-40(23-35)47-28-43(56-63-54(38-13-3-1-4-14-38)62-55(64-56)39-15-5-2-6-16-39)29-48(41-18-10-12-36(24-41)31-58)53(47)65-50-20-8-7-19-46(50)49-27-42(21-22-51(49)65)52-44(33-60)25-37(32-59)26-45(52)34-61/h1-29H. The fourth-order valence-electron chi connectivity index (χ4n) is 8.46. The van der Waals surface area contributed by atoms with E-state index in [4.69, 9.17) is 15.0 Å².